The Morgan fingerprint density at radius 1 is 1.47 bits per heavy atom. The summed E-state index contributed by atoms with van der Waals surface area (Å²) in [5.74, 6) is 0.675. The highest BCUT2D eigenvalue weighted by Gasteiger charge is 2.25. The second-order valence-electron chi connectivity index (χ2n) is 5.51. The number of hydrogen-bond donors (Lipinski definition) is 1. The molecule has 0 aromatic heterocycles. The highest BCUT2D eigenvalue weighted by Crippen LogP contribution is 2.18. The molecule has 19 heavy (non-hydrogen) atoms. The molecule has 4 heteroatoms. The van der Waals surface area contributed by atoms with Crippen LogP contribution in [0.3, 0.4) is 0 Å². The zero-order valence-electron chi connectivity index (χ0n) is 11.5. The van der Waals surface area contributed by atoms with E-state index in [1.807, 2.05) is 17.0 Å². The van der Waals surface area contributed by atoms with E-state index < -0.39 is 0 Å². The summed E-state index contributed by atoms with van der Waals surface area (Å²) in [6, 6.07) is 7.65. The van der Waals surface area contributed by atoms with Crippen LogP contribution in [-0.4, -0.2) is 36.5 Å². The van der Waals surface area contributed by atoms with E-state index >= 15 is 0 Å². The number of nitrogens with zero attached hydrogens (tertiary/aromatic N) is 1. The van der Waals surface area contributed by atoms with Crippen LogP contribution in [0.2, 0.25) is 5.02 Å². The van der Waals surface area contributed by atoms with Gasteiger partial charge in [-0.15, -0.1) is 0 Å². The minimum atomic E-state index is 0.0425. The van der Waals surface area contributed by atoms with Crippen LogP contribution in [0.25, 0.3) is 0 Å². The van der Waals surface area contributed by atoms with Crippen molar-refractivity contribution in [2.24, 2.45) is 5.92 Å². The summed E-state index contributed by atoms with van der Waals surface area (Å²) in [4.78, 5) is 14.4. The number of hydrogen-bond acceptors (Lipinski definition) is 2. The molecule has 1 aliphatic heterocycles. The molecule has 1 aromatic carbocycles. The molecule has 3 nitrogen and oxygen atoms in total. The summed E-state index contributed by atoms with van der Waals surface area (Å²) in [7, 11) is 0. The largest absolute Gasteiger partial charge is 0.336 e. The van der Waals surface area contributed by atoms with Gasteiger partial charge in [-0.2, -0.15) is 0 Å². The molecule has 1 aliphatic rings. The molecule has 0 aliphatic carbocycles. The highest BCUT2D eigenvalue weighted by atomic mass is 35.5. The van der Waals surface area contributed by atoms with Gasteiger partial charge in [0.2, 0.25) is 0 Å². The van der Waals surface area contributed by atoms with Crippen LogP contribution in [0, 0.1) is 5.92 Å². The lowest BCUT2D eigenvalue weighted by Gasteiger charge is -2.34. The molecule has 1 unspecified atom stereocenters. The zero-order chi connectivity index (χ0) is 13.8. The number of benzene rings is 1. The van der Waals surface area contributed by atoms with Gasteiger partial charge in [0.25, 0.3) is 5.91 Å². The molecule has 0 radical (unpaired) electrons. The summed E-state index contributed by atoms with van der Waals surface area (Å²) in [6.07, 6.45) is 1.09. The van der Waals surface area contributed by atoms with Crippen LogP contribution >= 0.6 is 11.6 Å². The quantitative estimate of drug-likeness (QED) is 0.923. The second-order valence-corrected chi connectivity index (χ2v) is 5.92. The van der Waals surface area contributed by atoms with Gasteiger partial charge in [-0.25, -0.2) is 0 Å². The van der Waals surface area contributed by atoms with Gasteiger partial charge in [0.05, 0.1) is 10.6 Å². The lowest BCUT2D eigenvalue weighted by molar-refractivity contribution is 0.0694. The molecule has 1 N–H and O–H groups in total. The maximum absolute atomic E-state index is 12.5. The first kappa shape index (κ1) is 14.4. The topological polar surface area (TPSA) is 32.3 Å². The van der Waals surface area contributed by atoms with E-state index in [9.17, 15) is 4.79 Å². The van der Waals surface area contributed by atoms with Crippen molar-refractivity contribution in [3.63, 3.8) is 0 Å². The summed E-state index contributed by atoms with van der Waals surface area (Å²) >= 11 is 6.10. The highest BCUT2D eigenvalue weighted by molar-refractivity contribution is 6.33. The summed E-state index contributed by atoms with van der Waals surface area (Å²) in [6.45, 7) is 6.78. The summed E-state index contributed by atoms with van der Waals surface area (Å²) in [5, 5.41) is 4.01. The normalized spacial score (nSPS) is 19.8. The number of carbonyl (C=O) groups excluding carboxylic acids is 1. The Morgan fingerprint density at radius 2 is 2.21 bits per heavy atom. The smallest absolute Gasteiger partial charge is 0.255 e. The third-order valence-electron chi connectivity index (χ3n) is 3.40. The number of carbonyl (C=O) groups is 1. The van der Waals surface area contributed by atoms with Crippen LogP contribution in [0.4, 0.5) is 0 Å². The fourth-order valence-electron chi connectivity index (χ4n) is 2.54. The van der Waals surface area contributed by atoms with Gasteiger partial charge < -0.3 is 10.2 Å². The van der Waals surface area contributed by atoms with Crippen molar-refractivity contribution < 1.29 is 4.79 Å². The Labute approximate surface area is 119 Å². The van der Waals surface area contributed by atoms with E-state index in [2.05, 4.69) is 19.2 Å². The second kappa shape index (κ2) is 6.40. The van der Waals surface area contributed by atoms with E-state index in [-0.39, 0.29) is 5.91 Å². The Bertz CT molecular complexity index is 448. The van der Waals surface area contributed by atoms with Gasteiger partial charge in [-0.1, -0.05) is 37.6 Å². The molecule has 1 fully saturated rings. The van der Waals surface area contributed by atoms with Crippen LogP contribution in [0.5, 0.6) is 0 Å². The number of halogens is 1. The standard InChI is InChI=1S/C15H21ClN2O/c1-11(2)9-12-10-18(8-7-17-12)15(19)13-5-3-4-6-14(13)16/h3-6,11-12,17H,7-10H2,1-2H3. The molecular weight excluding hydrogens is 260 g/mol. The number of nitrogens with one attached hydrogen (secondary N) is 1. The molecule has 1 amide bonds. The Kier molecular flexibility index (Phi) is 4.83. The average molecular weight is 281 g/mol. The van der Waals surface area contributed by atoms with Gasteiger partial charge in [-0.3, -0.25) is 4.79 Å². The monoisotopic (exact) mass is 280 g/mol. The average Bonchev–Trinajstić information content (AvgIpc) is 2.38. The molecule has 104 valence electrons. The van der Waals surface area contributed by atoms with Crippen molar-refractivity contribution in [3.05, 3.63) is 34.9 Å². The first-order chi connectivity index (χ1) is 9.08. The van der Waals surface area contributed by atoms with Crippen molar-refractivity contribution in [1.29, 1.82) is 0 Å². The fourth-order valence-corrected chi connectivity index (χ4v) is 2.76. The molecule has 1 heterocycles. The molecule has 1 atom stereocenters. The minimum Gasteiger partial charge on any atom is -0.336 e. The van der Waals surface area contributed by atoms with Crippen molar-refractivity contribution in [2.45, 2.75) is 26.3 Å². The molecule has 0 spiro atoms. The fraction of sp³-hybridized carbons (Fsp3) is 0.533. The maximum atomic E-state index is 12.5. The van der Waals surface area contributed by atoms with Gasteiger partial charge in [0, 0.05) is 25.7 Å². The minimum absolute atomic E-state index is 0.0425. The lowest BCUT2D eigenvalue weighted by Crippen LogP contribution is -2.53. The van der Waals surface area contributed by atoms with Gasteiger partial charge >= 0.3 is 0 Å². The number of rotatable bonds is 3. The van der Waals surface area contributed by atoms with Crippen LogP contribution < -0.4 is 5.32 Å². The predicted molar refractivity (Wildman–Crippen MR) is 78.6 cm³/mol. The first-order valence-electron chi connectivity index (χ1n) is 6.85. The molecule has 0 saturated carbocycles. The van der Waals surface area contributed by atoms with Crippen LogP contribution in [0.1, 0.15) is 30.6 Å². The van der Waals surface area contributed by atoms with Crippen molar-refractivity contribution in [2.75, 3.05) is 19.6 Å². The lowest BCUT2D eigenvalue weighted by atomic mass is 10.0. The summed E-state index contributed by atoms with van der Waals surface area (Å²) < 4.78 is 0. The maximum Gasteiger partial charge on any atom is 0.255 e. The predicted octanol–water partition coefficient (Wildman–Crippen LogP) is 2.80. The Morgan fingerprint density at radius 3 is 2.89 bits per heavy atom. The zero-order valence-corrected chi connectivity index (χ0v) is 12.3. The van der Waals surface area contributed by atoms with Crippen LogP contribution in [-0.2, 0) is 0 Å². The molecule has 1 saturated heterocycles. The van der Waals surface area contributed by atoms with Crippen LogP contribution in [0.15, 0.2) is 24.3 Å². The third-order valence-corrected chi connectivity index (χ3v) is 3.73. The van der Waals surface area contributed by atoms with E-state index in [0.717, 1.165) is 26.1 Å². The number of piperazine rings is 1. The molecular formula is C15H21ClN2O. The van der Waals surface area contributed by atoms with E-state index in [1.54, 1.807) is 12.1 Å². The number of amides is 1. The van der Waals surface area contributed by atoms with E-state index in [0.29, 0.717) is 22.5 Å². The molecule has 2 rings (SSSR count). The molecule has 0 bridgehead atoms. The summed E-state index contributed by atoms with van der Waals surface area (Å²) in [5.41, 5.74) is 0.606. The van der Waals surface area contributed by atoms with Crippen molar-refractivity contribution in [3.8, 4) is 0 Å². The van der Waals surface area contributed by atoms with Crippen molar-refractivity contribution in [1.82, 2.24) is 10.2 Å². The Hall–Kier alpha value is -1.06. The van der Waals surface area contributed by atoms with Gasteiger partial charge in [0.1, 0.15) is 0 Å². The first-order valence-corrected chi connectivity index (χ1v) is 7.23. The molecule has 1 aromatic rings. The van der Waals surface area contributed by atoms with E-state index in [4.69, 9.17) is 11.6 Å². The van der Waals surface area contributed by atoms with E-state index in [1.165, 1.54) is 0 Å². The van der Waals surface area contributed by atoms with Gasteiger partial charge in [0.15, 0.2) is 0 Å². The van der Waals surface area contributed by atoms with Crippen molar-refractivity contribution >= 4 is 17.5 Å². The SMILES string of the molecule is CC(C)CC1CN(C(=O)c2ccccc2Cl)CCN1. The Balaban J connectivity index is 2.05. The van der Waals surface area contributed by atoms with Gasteiger partial charge in [-0.05, 0) is 24.5 Å². The third kappa shape index (κ3) is 3.71.